The summed E-state index contributed by atoms with van der Waals surface area (Å²) in [5.41, 5.74) is 3.87. The summed E-state index contributed by atoms with van der Waals surface area (Å²) >= 11 is 0.393. The summed E-state index contributed by atoms with van der Waals surface area (Å²) in [5, 5.41) is 1.96. The Balaban J connectivity index is 2.03. The van der Waals surface area contributed by atoms with Crippen LogP contribution in [0.15, 0.2) is 54.6 Å². The molecule has 0 saturated heterocycles. The molecule has 0 amide bonds. The molecular formula is C21H26O2Se. The SMILES string of the molecule is CC(=O)OC(C[Se]Cc1ccccc1)c1ccc(C(C)(C)C)cc1. The van der Waals surface area contributed by atoms with Gasteiger partial charge in [-0.15, -0.1) is 0 Å². The monoisotopic (exact) mass is 390 g/mol. The van der Waals surface area contributed by atoms with Crippen molar-refractivity contribution in [1.82, 2.24) is 0 Å². The van der Waals surface area contributed by atoms with Gasteiger partial charge in [-0.3, -0.25) is 0 Å². The van der Waals surface area contributed by atoms with Gasteiger partial charge in [0.05, 0.1) is 0 Å². The fourth-order valence-electron chi connectivity index (χ4n) is 2.45. The topological polar surface area (TPSA) is 26.3 Å². The van der Waals surface area contributed by atoms with Gasteiger partial charge in [0.1, 0.15) is 0 Å². The van der Waals surface area contributed by atoms with Crippen molar-refractivity contribution in [3.05, 3.63) is 71.3 Å². The van der Waals surface area contributed by atoms with Crippen LogP contribution in [0.3, 0.4) is 0 Å². The Morgan fingerprint density at radius 3 is 2.21 bits per heavy atom. The zero-order valence-corrected chi connectivity index (χ0v) is 16.6. The first-order chi connectivity index (χ1) is 11.4. The van der Waals surface area contributed by atoms with Gasteiger partial charge in [0.15, 0.2) is 0 Å². The summed E-state index contributed by atoms with van der Waals surface area (Å²) in [6, 6.07) is 19.0. The number of ether oxygens (including phenoxy) is 1. The standard InChI is InChI=1S/C21H26O2Se/c1-16(22)23-20(15-24-14-17-8-6-5-7-9-17)18-10-12-19(13-11-18)21(2,3)4/h5-13,20H,14-15H2,1-4H3. The van der Waals surface area contributed by atoms with E-state index in [1.807, 2.05) is 6.07 Å². The Morgan fingerprint density at radius 1 is 1.04 bits per heavy atom. The zero-order valence-electron chi connectivity index (χ0n) is 14.9. The second-order valence-electron chi connectivity index (χ2n) is 6.97. The molecule has 1 atom stereocenters. The van der Waals surface area contributed by atoms with E-state index in [-0.39, 0.29) is 17.5 Å². The zero-order chi connectivity index (χ0) is 17.6. The molecule has 0 fully saturated rings. The van der Waals surface area contributed by atoms with Crippen LogP contribution in [-0.4, -0.2) is 20.9 Å². The second kappa shape index (κ2) is 8.50. The third-order valence-corrected chi connectivity index (χ3v) is 6.09. The number of hydrogen-bond donors (Lipinski definition) is 0. The van der Waals surface area contributed by atoms with E-state index in [4.69, 9.17) is 4.74 Å². The van der Waals surface area contributed by atoms with Crippen molar-refractivity contribution in [1.29, 1.82) is 0 Å². The first-order valence-corrected chi connectivity index (χ1v) is 10.7. The number of carbonyl (C=O) groups excluding carboxylic acids is 1. The minimum absolute atomic E-state index is 0.132. The summed E-state index contributed by atoms with van der Waals surface area (Å²) in [6.45, 7) is 8.10. The summed E-state index contributed by atoms with van der Waals surface area (Å²) in [7, 11) is 0. The van der Waals surface area contributed by atoms with Crippen LogP contribution in [-0.2, 0) is 20.3 Å². The van der Waals surface area contributed by atoms with Crippen molar-refractivity contribution < 1.29 is 9.53 Å². The fraction of sp³-hybridized carbons (Fsp3) is 0.381. The van der Waals surface area contributed by atoms with Crippen LogP contribution >= 0.6 is 0 Å². The van der Waals surface area contributed by atoms with E-state index in [0.717, 1.165) is 16.2 Å². The van der Waals surface area contributed by atoms with Crippen LogP contribution in [0.25, 0.3) is 0 Å². The van der Waals surface area contributed by atoms with Crippen LogP contribution < -0.4 is 0 Å². The van der Waals surface area contributed by atoms with Gasteiger partial charge in [-0.05, 0) is 0 Å². The Kier molecular flexibility index (Phi) is 6.65. The molecule has 1 unspecified atom stereocenters. The van der Waals surface area contributed by atoms with Gasteiger partial charge >= 0.3 is 152 Å². The van der Waals surface area contributed by atoms with Crippen molar-refractivity contribution in [3.8, 4) is 0 Å². The Labute approximate surface area is 151 Å². The summed E-state index contributed by atoms with van der Waals surface area (Å²) in [5.74, 6) is -0.213. The number of esters is 1. The molecule has 0 saturated carbocycles. The van der Waals surface area contributed by atoms with Crippen LogP contribution in [0.1, 0.15) is 50.5 Å². The van der Waals surface area contributed by atoms with Crippen molar-refractivity contribution in [3.63, 3.8) is 0 Å². The molecule has 0 N–H and O–H groups in total. The van der Waals surface area contributed by atoms with Gasteiger partial charge in [-0.1, -0.05) is 0 Å². The Morgan fingerprint density at radius 2 is 1.67 bits per heavy atom. The van der Waals surface area contributed by atoms with Crippen molar-refractivity contribution in [2.45, 2.75) is 49.9 Å². The van der Waals surface area contributed by atoms with Crippen molar-refractivity contribution >= 4 is 20.9 Å². The van der Waals surface area contributed by atoms with Crippen LogP contribution in [0.4, 0.5) is 0 Å². The fourth-order valence-corrected chi connectivity index (χ4v) is 4.60. The van der Waals surface area contributed by atoms with Crippen LogP contribution in [0.2, 0.25) is 5.32 Å². The van der Waals surface area contributed by atoms with Gasteiger partial charge < -0.3 is 0 Å². The molecule has 2 aromatic rings. The summed E-state index contributed by atoms with van der Waals surface area (Å²) in [4.78, 5) is 11.5. The van der Waals surface area contributed by atoms with E-state index in [0.29, 0.717) is 15.0 Å². The molecule has 2 rings (SSSR count). The van der Waals surface area contributed by atoms with E-state index < -0.39 is 0 Å². The van der Waals surface area contributed by atoms with Gasteiger partial charge in [0.2, 0.25) is 0 Å². The van der Waals surface area contributed by atoms with Gasteiger partial charge in [0, 0.05) is 0 Å². The van der Waals surface area contributed by atoms with E-state index >= 15 is 0 Å². The maximum atomic E-state index is 11.5. The third kappa shape index (κ3) is 5.81. The quantitative estimate of drug-likeness (QED) is 0.518. The molecular weight excluding hydrogens is 363 g/mol. The molecule has 0 bridgehead atoms. The predicted molar refractivity (Wildman–Crippen MR) is 100 cm³/mol. The molecule has 0 aliphatic heterocycles. The number of benzene rings is 2. The molecule has 128 valence electrons. The molecule has 0 radical (unpaired) electrons. The average molecular weight is 389 g/mol. The van der Waals surface area contributed by atoms with E-state index in [9.17, 15) is 4.79 Å². The maximum absolute atomic E-state index is 11.5. The molecule has 0 aliphatic carbocycles. The van der Waals surface area contributed by atoms with Gasteiger partial charge in [-0.2, -0.15) is 0 Å². The van der Waals surface area contributed by atoms with E-state index in [1.165, 1.54) is 18.1 Å². The predicted octanol–water partition coefficient (Wildman–Crippen LogP) is 4.91. The minimum atomic E-state index is -0.213. The Hall–Kier alpha value is -1.57. The number of carbonyl (C=O) groups is 1. The first kappa shape index (κ1) is 18.8. The molecule has 2 aromatic carbocycles. The molecule has 0 spiro atoms. The Bertz CT molecular complexity index is 642. The van der Waals surface area contributed by atoms with Crippen LogP contribution in [0.5, 0.6) is 0 Å². The van der Waals surface area contributed by atoms with Crippen molar-refractivity contribution in [2.75, 3.05) is 0 Å². The average Bonchev–Trinajstić information content (AvgIpc) is 2.54. The molecule has 3 heteroatoms. The first-order valence-electron chi connectivity index (χ1n) is 8.25. The third-order valence-electron chi connectivity index (χ3n) is 3.84. The molecule has 2 nitrogen and oxygen atoms in total. The second-order valence-corrected chi connectivity index (χ2v) is 9.13. The van der Waals surface area contributed by atoms with Crippen LogP contribution in [0, 0.1) is 0 Å². The van der Waals surface area contributed by atoms with E-state index in [2.05, 4.69) is 69.3 Å². The molecule has 0 aliphatic rings. The normalized spacial score (nSPS) is 12.7. The van der Waals surface area contributed by atoms with Gasteiger partial charge in [0.25, 0.3) is 0 Å². The summed E-state index contributed by atoms with van der Waals surface area (Å²) < 4.78 is 5.58. The van der Waals surface area contributed by atoms with E-state index in [1.54, 1.807) is 0 Å². The number of hydrogen-bond acceptors (Lipinski definition) is 2. The molecule has 24 heavy (non-hydrogen) atoms. The molecule has 0 aromatic heterocycles. The number of rotatable bonds is 6. The van der Waals surface area contributed by atoms with Gasteiger partial charge in [-0.25, -0.2) is 0 Å². The summed E-state index contributed by atoms with van der Waals surface area (Å²) in [6.07, 6.45) is -0.139. The van der Waals surface area contributed by atoms with Crippen molar-refractivity contribution in [2.24, 2.45) is 0 Å². The molecule has 0 heterocycles.